The monoisotopic (exact) mass is 428 g/mol. The topological polar surface area (TPSA) is 41.6 Å². The van der Waals surface area contributed by atoms with Crippen molar-refractivity contribution in [3.05, 3.63) is 102 Å². The van der Waals surface area contributed by atoms with Gasteiger partial charge in [-0.3, -0.25) is 0 Å². The Hall–Kier alpha value is -3.11. The quantitative estimate of drug-likeness (QED) is 0.501. The first-order valence-corrected chi connectivity index (χ1v) is 11.5. The molecule has 1 fully saturated rings. The summed E-state index contributed by atoms with van der Waals surface area (Å²) >= 11 is 0. The van der Waals surface area contributed by atoms with Crippen LogP contribution in [0, 0.1) is 6.92 Å². The first-order chi connectivity index (χ1) is 15.7. The average molecular weight is 429 g/mol. The van der Waals surface area contributed by atoms with Crippen LogP contribution in [0.3, 0.4) is 0 Å². The smallest absolute Gasteiger partial charge is 0.410 e. The number of hydrogen-bond donors (Lipinski definition) is 1. The van der Waals surface area contributed by atoms with Crippen molar-refractivity contribution in [1.29, 1.82) is 0 Å². The largest absolute Gasteiger partial charge is 0.412 e. The standard InChI is InChI=1S/C28H32N2O2/c1-23-13-15-26(16-14-23)32-27(31)29-19-8-20-30-21-17-28(18-22-30,24-9-4-2-5-10-24)25-11-6-3-7-12-25/h2-7,9-16H,8,17-22H2,1H3,(H,29,31). The molecule has 4 heteroatoms. The van der Waals surface area contributed by atoms with Gasteiger partial charge in [0.05, 0.1) is 0 Å². The van der Waals surface area contributed by atoms with Crippen LogP contribution in [0.2, 0.25) is 0 Å². The number of benzene rings is 3. The molecule has 1 amide bonds. The molecule has 0 radical (unpaired) electrons. The van der Waals surface area contributed by atoms with Crippen LogP contribution in [-0.4, -0.2) is 37.2 Å². The van der Waals surface area contributed by atoms with Gasteiger partial charge in [0.25, 0.3) is 0 Å². The highest BCUT2D eigenvalue weighted by molar-refractivity contribution is 5.70. The van der Waals surface area contributed by atoms with Gasteiger partial charge >= 0.3 is 6.09 Å². The summed E-state index contributed by atoms with van der Waals surface area (Å²) in [6.07, 6.45) is 2.72. The lowest BCUT2D eigenvalue weighted by Crippen LogP contribution is -2.44. The fourth-order valence-corrected chi connectivity index (χ4v) is 4.66. The van der Waals surface area contributed by atoms with Crippen LogP contribution in [0.25, 0.3) is 0 Å². The fourth-order valence-electron chi connectivity index (χ4n) is 4.66. The number of amides is 1. The van der Waals surface area contributed by atoms with E-state index in [1.54, 1.807) is 0 Å². The number of hydrogen-bond acceptors (Lipinski definition) is 3. The maximum Gasteiger partial charge on any atom is 0.412 e. The lowest BCUT2D eigenvalue weighted by molar-refractivity contribution is 0.175. The van der Waals surface area contributed by atoms with Crippen LogP contribution in [0.5, 0.6) is 5.75 Å². The van der Waals surface area contributed by atoms with E-state index in [9.17, 15) is 4.79 Å². The van der Waals surface area contributed by atoms with E-state index >= 15 is 0 Å². The van der Waals surface area contributed by atoms with Gasteiger partial charge in [-0.25, -0.2) is 4.79 Å². The summed E-state index contributed by atoms with van der Waals surface area (Å²) in [7, 11) is 0. The second-order valence-electron chi connectivity index (χ2n) is 8.64. The molecule has 0 unspecified atom stereocenters. The highest BCUT2D eigenvalue weighted by atomic mass is 16.6. The molecule has 4 nitrogen and oxygen atoms in total. The van der Waals surface area contributed by atoms with E-state index in [1.807, 2.05) is 31.2 Å². The molecule has 0 aromatic heterocycles. The number of rotatable bonds is 7. The van der Waals surface area contributed by atoms with Gasteiger partial charge in [-0.1, -0.05) is 78.4 Å². The van der Waals surface area contributed by atoms with Crippen LogP contribution in [0.4, 0.5) is 4.79 Å². The highest BCUT2D eigenvalue weighted by Crippen LogP contribution is 2.41. The Morgan fingerprint density at radius 2 is 1.44 bits per heavy atom. The number of carbonyl (C=O) groups is 1. The van der Waals surface area contributed by atoms with E-state index in [0.717, 1.165) is 44.5 Å². The number of ether oxygens (including phenoxy) is 1. The Labute approximate surface area is 191 Å². The molecule has 1 aliphatic rings. The van der Waals surface area contributed by atoms with Gasteiger partial charge in [-0.05, 0) is 69.1 Å². The van der Waals surface area contributed by atoms with Crippen LogP contribution in [0.15, 0.2) is 84.9 Å². The number of likely N-dealkylation sites (tertiary alicyclic amines) is 1. The van der Waals surface area contributed by atoms with Gasteiger partial charge in [0.2, 0.25) is 0 Å². The van der Waals surface area contributed by atoms with Crippen molar-refractivity contribution in [3.8, 4) is 5.75 Å². The third-order valence-electron chi connectivity index (χ3n) is 6.51. The SMILES string of the molecule is Cc1ccc(OC(=O)NCCCN2CCC(c3ccccc3)(c3ccccc3)CC2)cc1. The maximum absolute atomic E-state index is 12.0. The minimum atomic E-state index is -0.389. The van der Waals surface area contributed by atoms with E-state index in [0.29, 0.717) is 12.3 Å². The van der Waals surface area contributed by atoms with Gasteiger partial charge in [-0.2, -0.15) is 0 Å². The maximum atomic E-state index is 12.0. The molecule has 166 valence electrons. The number of carbonyl (C=O) groups excluding carboxylic acids is 1. The van der Waals surface area contributed by atoms with E-state index < -0.39 is 0 Å². The van der Waals surface area contributed by atoms with Gasteiger partial charge in [0, 0.05) is 12.0 Å². The minimum absolute atomic E-state index is 0.0785. The van der Waals surface area contributed by atoms with Crippen LogP contribution < -0.4 is 10.1 Å². The van der Waals surface area contributed by atoms with Gasteiger partial charge < -0.3 is 15.0 Å². The molecule has 1 N–H and O–H groups in total. The van der Waals surface area contributed by atoms with E-state index in [2.05, 4.69) is 70.9 Å². The molecule has 1 heterocycles. The van der Waals surface area contributed by atoms with Crippen LogP contribution in [-0.2, 0) is 5.41 Å². The molecule has 1 aliphatic heterocycles. The molecule has 0 atom stereocenters. The molecule has 32 heavy (non-hydrogen) atoms. The molecule has 0 bridgehead atoms. The van der Waals surface area contributed by atoms with E-state index in [1.165, 1.54) is 11.1 Å². The molecule has 4 rings (SSSR count). The molecule has 0 spiro atoms. The summed E-state index contributed by atoms with van der Waals surface area (Å²) < 4.78 is 5.32. The summed E-state index contributed by atoms with van der Waals surface area (Å²) in [6.45, 7) is 5.71. The summed E-state index contributed by atoms with van der Waals surface area (Å²) in [4.78, 5) is 14.5. The van der Waals surface area contributed by atoms with Gasteiger partial charge in [0.1, 0.15) is 5.75 Å². The number of nitrogens with one attached hydrogen (secondary N) is 1. The Balaban J connectivity index is 1.26. The molecule has 3 aromatic carbocycles. The van der Waals surface area contributed by atoms with E-state index in [-0.39, 0.29) is 11.5 Å². The molecular formula is C28H32N2O2. The molecular weight excluding hydrogens is 396 g/mol. The van der Waals surface area contributed by atoms with Crippen molar-refractivity contribution in [2.45, 2.75) is 31.6 Å². The van der Waals surface area contributed by atoms with Gasteiger partial charge in [-0.15, -0.1) is 0 Å². The van der Waals surface area contributed by atoms with Crippen molar-refractivity contribution < 1.29 is 9.53 Å². The zero-order valence-electron chi connectivity index (χ0n) is 18.8. The highest BCUT2D eigenvalue weighted by Gasteiger charge is 2.37. The predicted molar refractivity (Wildman–Crippen MR) is 129 cm³/mol. The van der Waals surface area contributed by atoms with Crippen LogP contribution >= 0.6 is 0 Å². The second kappa shape index (κ2) is 10.5. The van der Waals surface area contributed by atoms with Crippen molar-refractivity contribution in [3.63, 3.8) is 0 Å². The first-order valence-electron chi connectivity index (χ1n) is 11.5. The molecule has 1 saturated heterocycles. The summed E-state index contributed by atoms with van der Waals surface area (Å²) in [5, 5.41) is 2.87. The second-order valence-corrected chi connectivity index (χ2v) is 8.64. The van der Waals surface area contributed by atoms with Crippen molar-refractivity contribution in [2.24, 2.45) is 0 Å². The Morgan fingerprint density at radius 1 is 0.875 bits per heavy atom. The Bertz CT molecular complexity index is 937. The van der Waals surface area contributed by atoms with Crippen molar-refractivity contribution in [2.75, 3.05) is 26.2 Å². The lowest BCUT2D eigenvalue weighted by Gasteiger charge is -2.43. The fraction of sp³-hybridized carbons (Fsp3) is 0.321. The molecule has 0 saturated carbocycles. The molecule has 3 aromatic rings. The first kappa shape index (κ1) is 22.1. The summed E-state index contributed by atoms with van der Waals surface area (Å²) in [5.41, 5.74) is 4.04. The zero-order chi connectivity index (χ0) is 22.2. The van der Waals surface area contributed by atoms with Crippen molar-refractivity contribution >= 4 is 6.09 Å². The molecule has 0 aliphatic carbocycles. The van der Waals surface area contributed by atoms with Crippen LogP contribution in [0.1, 0.15) is 36.0 Å². The van der Waals surface area contributed by atoms with E-state index in [4.69, 9.17) is 4.74 Å². The Kier molecular flexibility index (Phi) is 7.23. The summed E-state index contributed by atoms with van der Waals surface area (Å²) in [5.74, 6) is 0.572. The average Bonchev–Trinajstić information content (AvgIpc) is 2.85. The zero-order valence-corrected chi connectivity index (χ0v) is 18.8. The minimum Gasteiger partial charge on any atom is -0.410 e. The lowest BCUT2D eigenvalue weighted by atomic mass is 9.68. The Morgan fingerprint density at radius 3 is 2.00 bits per heavy atom. The summed E-state index contributed by atoms with van der Waals surface area (Å²) in [6, 6.07) is 29.3. The normalized spacial score (nSPS) is 15.8. The third kappa shape index (κ3) is 5.38. The number of aryl methyl sites for hydroxylation is 1. The number of piperidine rings is 1. The third-order valence-corrected chi connectivity index (χ3v) is 6.51. The predicted octanol–water partition coefficient (Wildman–Crippen LogP) is 5.56. The van der Waals surface area contributed by atoms with Crippen molar-refractivity contribution in [1.82, 2.24) is 10.2 Å². The van der Waals surface area contributed by atoms with Gasteiger partial charge in [0.15, 0.2) is 0 Å². The number of nitrogens with zero attached hydrogens (tertiary/aromatic N) is 1.